The molecule has 0 atom stereocenters. The van der Waals surface area contributed by atoms with Gasteiger partial charge in [-0.3, -0.25) is 14.9 Å². The summed E-state index contributed by atoms with van der Waals surface area (Å²) in [5, 5.41) is 11.8. The number of hydrogen-bond acceptors (Lipinski definition) is 6. The Morgan fingerprint density at radius 2 is 1.77 bits per heavy atom. The highest BCUT2D eigenvalue weighted by molar-refractivity contribution is 6.30. The number of piperazine rings is 1. The number of non-ortho nitro benzene ring substituents is 1. The fourth-order valence-corrected chi connectivity index (χ4v) is 3.48. The van der Waals surface area contributed by atoms with Crippen molar-refractivity contribution in [1.82, 2.24) is 9.88 Å². The van der Waals surface area contributed by atoms with Crippen molar-refractivity contribution in [2.75, 3.05) is 31.1 Å². The molecule has 3 aromatic rings. The van der Waals surface area contributed by atoms with Crippen molar-refractivity contribution in [3.05, 3.63) is 87.6 Å². The van der Waals surface area contributed by atoms with Crippen LogP contribution < -0.4 is 9.64 Å². The lowest BCUT2D eigenvalue weighted by Gasteiger charge is -2.35. The number of halogens is 1. The number of para-hydroxylation sites is 1. The summed E-state index contributed by atoms with van der Waals surface area (Å²) >= 11 is 5.90. The number of nitrogens with zero attached hydrogens (tertiary/aromatic N) is 4. The van der Waals surface area contributed by atoms with Crippen LogP contribution >= 0.6 is 11.6 Å². The van der Waals surface area contributed by atoms with Gasteiger partial charge < -0.3 is 14.5 Å². The number of rotatable bonds is 5. The summed E-state index contributed by atoms with van der Waals surface area (Å²) < 4.78 is 5.85. The van der Waals surface area contributed by atoms with Crippen LogP contribution in [0, 0.1) is 10.1 Å². The third-order valence-corrected chi connectivity index (χ3v) is 5.20. The van der Waals surface area contributed by atoms with Gasteiger partial charge in [0.15, 0.2) is 0 Å². The minimum absolute atomic E-state index is 0.159. The maximum absolute atomic E-state index is 13.2. The van der Waals surface area contributed by atoms with Gasteiger partial charge in [0.1, 0.15) is 17.3 Å². The van der Waals surface area contributed by atoms with Crippen LogP contribution in [0.2, 0.25) is 5.02 Å². The predicted molar refractivity (Wildman–Crippen MR) is 117 cm³/mol. The quantitative estimate of drug-likeness (QED) is 0.433. The van der Waals surface area contributed by atoms with Crippen LogP contribution in [0.4, 0.5) is 11.5 Å². The summed E-state index contributed by atoms with van der Waals surface area (Å²) in [7, 11) is 0. The van der Waals surface area contributed by atoms with Crippen LogP contribution in [0.15, 0.2) is 66.9 Å². The molecule has 0 aliphatic carbocycles. The lowest BCUT2D eigenvalue weighted by Crippen LogP contribution is -2.49. The molecule has 31 heavy (non-hydrogen) atoms. The highest BCUT2D eigenvalue weighted by Gasteiger charge is 2.27. The van der Waals surface area contributed by atoms with Crippen molar-refractivity contribution in [2.24, 2.45) is 0 Å². The molecule has 4 rings (SSSR count). The van der Waals surface area contributed by atoms with Gasteiger partial charge in [-0.2, -0.15) is 0 Å². The third kappa shape index (κ3) is 4.75. The van der Waals surface area contributed by atoms with E-state index in [0.29, 0.717) is 37.0 Å². The van der Waals surface area contributed by atoms with Gasteiger partial charge in [-0.25, -0.2) is 4.98 Å². The Bertz CT molecular complexity index is 1080. The molecule has 1 amide bonds. The number of nitro groups is 1. The zero-order chi connectivity index (χ0) is 21.8. The fourth-order valence-electron chi connectivity index (χ4n) is 3.37. The Labute approximate surface area is 183 Å². The molecule has 1 saturated heterocycles. The molecule has 9 heteroatoms. The average molecular weight is 439 g/mol. The summed E-state index contributed by atoms with van der Waals surface area (Å²) in [6.45, 7) is 2.08. The molecular weight excluding hydrogens is 420 g/mol. The molecule has 0 spiro atoms. The Morgan fingerprint density at radius 3 is 2.42 bits per heavy atom. The third-order valence-electron chi connectivity index (χ3n) is 4.98. The molecule has 2 heterocycles. The van der Waals surface area contributed by atoms with Gasteiger partial charge in [0.25, 0.3) is 11.6 Å². The van der Waals surface area contributed by atoms with Crippen LogP contribution in [-0.2, 0) is 0 Å². The molecule has 8 nitrogen and oxygen atoms in total. The van der Waals surface area contributed by atoms with Gasteiger partial charge in [-0.05, 0) is 30.3 Å². The first-order valence-corrected chi connectivity index (χ1v) is 10.1. The van der Waals surface area contributed by atoms with Crippen LogP contribution in [0.25, 0.3) is 0 Å². The second kappa shape index (κ2) is 9.01. The second-order valence-electron chi connectivity index (χ2n) is 6.97. The van der Waals surface area contributed by atoms with Crippen molar-refractivity contribution < 1.29 is 14.5 Å². The predicted octanol–water partition coefficient (Wildman–Crippen LogP) is 4.40. The molecule has 1 aliphatic heterocycles. The lowest BCUT2D eigenvalue weighted by molar-refractivity contribution is -0.384. The Kier molecular flexibility index (Phi) is 5.99. The van der Waals surface area contributed by atoms with Gasteiger partial charge in [-0.1, -0.05) is 29.8 Å². The van der Waals surface area contributed by atoms with Gasteiger partial charge >= 0.3 is 0 Å². The number of ether oxygens (including phenoxy) is 1. The molecule has 158 valence electrons. The molecule has 1 aliphatic rings. The number of benzene rings is 2. The van der Waals surface area contributed by atoms with Crippen LogP contribution in [-0.4, -0.2) is 46.9 Å². The average Bonchev–Trinajstić information content (AvgIpc) is 2.80. The first-order chi connectivity index (χ1) is 15.0. The normalized spacial score (nSPS) is 13.7. The van der Waals surface area contributed by atoms with E-state index in [4.69, 9.17) is 16.3 Å². The molecule has 0 radical (unpaired) electrons. The van der Waals surface area contributed by atoms with Crippen molar-refractivity contribution in [3.63, 3.8) is 0 Å². The lowest BCUT2D eigenvalue weighted by atomic mass is 10.1. The highest BCUT2D eigenvalue weighted by Crippen LogP contribution is 2.30. The number of pyridine rings is 1. The number of anilines is 1. The largest absolute Gasteiger partial charge is 0.457 e. The number of carbonyl (C=O) groups excluding carboxylic acids is 1. The van der Waals surface area contributed by atoms with Crippen LogP contribution in [0.3, 0.4) is 0 Å². The molecule has 0 unspecified atom stereocenters. The van der Waals surface area contributed by atoms with E-state index in [-0.39, 0.29) is 22.9 Å². The van der Waals surface area contributed by atoms with Gasteiger partial charge in [0, 0.05) is 44.5 Å². The summed E-state index contributed by atoms with van der Waals surface area (Å²) in [6, 6.07) is 16.7. The van der Waals surface area contributed by atoms with E-state index in [0.717, 1.165) is 5.82 Å². The molecular formula is C22H19ClN4O4. The minimum Gasteiger partial charge on any atom is -0.457 e. The highest BCUT2D eigenvalue weighted by atomic mass is 35.5. The monoisotopic (exact) mass is 438 g/mol. The number of carbonyl (C=O) groups is 1. The number of hydrogen-bond donors (Lipinski definition) is 0. The Morgan fingerprint density at radius 1 is 1.03 bits per heavy atom. The summed E-state index contributed by atoms with van der Waals surface area (Å²) in [4.78, 5) is 32.0. The topological polar surface area (TPSA) is 88.8 Å². The van der Waals surface area contributed by atoms with E-state index in [1.807, 2.05) is 24.3 Å². The van der Waals surface area contributed by atoms with Gasteiger partial charge in [0.2, 0.25) is 0 Å². The SMILES string of the molecule is O=C(c1cc([N+](=O)[O-])ccc1Oc1ccccc1)N1CCN(c2ccc(Cl)cn2)CC1. The molecule has 2 aromatic carbocycles. The maximum atomic E-state index is 13.2. The van der Waals surface area contributed by atoms with E-state index >= 15 is 0 Å². The zero-order valence-corrected chi connectivity index (χ0v) is 17.2. The number of aromatic nitrogens is 1. The standard InChI is InChI=1S/C22H19ClN4O4/c23-16-6-9-21(24-15-16)25-10-12-26(13-11-25)22(28)19-14-17(27(29)30)7-8-20(19)31-18-4-2-1-3-5-18/h1-9,14-15H,10-13H2. The Balaban J connectivity index is 1.53. The zero-order valence-electron chi connectivity index (χ0n) is 16.5. The first kappa shape index (κ1) is 20.6. The molecule has 1 fully saturated rings. The van der Waals surface area contributed by atoms with Gasteiger partial charge in [0.05, 0.1) is 15.5 Å². The van der Waals surface area contributed by atoms with E-state index in [9.17, 15) is 14.9 Å². The minimum atomic E-state index is -0.521. The number of nitro benzene ring substituents is 1. The maximum Gasteiger partial charge on any atom is 0.270 e. The van der Waals surface area contributed by atoms with Crippen LogP contribution in [0.1, 0.15) is 10.4 Å². The summed E-state index contributed by atoms with van der Waals surface area (Å²) in [5.41, 5.74) is 0.00360. The van der Waals surface area contributed by atoms with Crippen molar-refractivity contribution in [2.45, 2.75) is 0 Å². The molecule has 0 bridgehead atoms. The van der Waals surface area contributed by atoms with Crippen molar-refractivity contribution in [3.8, 4) is 11.5 Å². The van der Waals surface area contributed by atoms with E-state index < -0.39 is 4.92 Å². The molecule has 1 aromatic heterocycles. The van der Waals surface area contributed by atoms with Crippen molar-refractivity contribution in [1.29, 1.82) is 0 Å². The first-order valence-electron chi connectivity index (χ1n) is 9.68. The second-order valence-corrected chi connectivity index (χ2v) is 7.40. The van der Waals surface area contributed by atoms with Gasteiger partial charge in [-0.15, -0.1) is 0 Å². The van der Waals surface area contributed by atoms with Crippen LogP contribution in [0.5, 0.6) is 11.5 Å². The fraction of sp³-hybridized carbons (Fsp3) is 0.182. The summed E-state index contributed by atoms with van der Waals surface area (Å²) in [6.07, 6.45) is 1.59. The molecule has 0 saturated carbocycles. The van der Waals surface area contributed by atoms with E-state index in [1.54, 1.807) is 29.3 Å². The molecule has 0 N–H and O–H groups in total. The van der Waals surface area contributed by atoms with Crippen molar-refractivity contribution >= 4 is 29.0 Å². The number of amides is 1. The summed E-state index contributed by atoms with van der Waals surface area (Å²) in [5.74, 6) is 1.31. The smallest absolute Gasteiger partial charge is 0.270 e. The van der Waals surface area contributed by atoms with E-state index in [1.165, 1.54) is 18.2 Å². The van der Waals surface area contributed by atoms with E-state index in [2.05, 4.69) is 9.88 Å². The Hall–Kier alpha value is -3.65.